The Morgan fingerprint density at radius 1 is 0.471 bits per heavy atom. The van der Waals surface area contributed by atoms with Crippen LogP contribution in [0.25, 0.3) is 72.0 Å². The molecule has 3 aliphatic carbocycles. The Balaban J connectivity index is 1.20. The smallest absolute Gasteiger partial charge is 0.197 e. The average Bonchev–Trinajstić information content (AvgIpc) is 3.92. The zero-order valence-corrected chi connectivity index (χ0v) is 41.8. The lowest BCUT2D eigenvalue weighted by molar-refractivity contribution is 0.590. The fraction of sp³-hybridized carbons (Fsp3) is 0.262. The van der Waals surface area contributed by atoms with E-state index in [4.69, 9.17) is 0 Å². The van der Waals surface area contributed by atoms with Crippen molar-refractivity contribution >= 4 is 51.4 Å². The molecule has 0 unspecified atom stereocenters. The van der Waals surface area contributed by atoms with E-state index in [1.807, 2.05) is 0 Å². The lowest BCUT2D eigenvalue weighted by Gasteiger charge is -2.32. The summed E-state index contributed by atoms with van der Waals surface area (Å²) in [5.74, 6) is 0. The lowest BCUT2D eigenvalue weighted by Crippen LogP contribution is -2.39. The first kappa shape index (κ1) is 41.6. The molecule has 1 aliphatic heterocycles. The van der Waals surface area contributed by atoms with E-state index in [2.05, 4.69) is 240 Å². The van der Waals surface area contributed by atoms with E-state index in [1.165, 1.54) is 127 Å². The van der Waals surface area contributed by atoms with Gasteiger partial charge in [-0.15, -0.1) is 0 Å². The Labute approximate surface area is 403 Å². The number of hydrogen-bond donors (Lipinski definition) is 1. The van der Waals surface area contributed by atoms with E-state index in [0.717, 1.165) is 11.4 Å². The number of nitrogens with zero attached hydrogens (tertiary/aromatic N) is 1. The third-order valence-electron chi connectivity index (χ3n) is 16.9. The van der Waals surface area contributed by atoms with E-state index in [-0.39, 0.29) is 27.1 Å². The maximum absolute atomic E-state index is 4.11. The van der Waals surface area contributed by atoms with Gasteiger partial charge in [0.25, 0.3) is 0 Å². The van der Waals surface area contributed by atoms with E-state index in [1.54, 1.807) is 0 Å². The Hall–Kier alpha value is -6.58. The van der Waals surface area contributed by atoms with Gasteiger partial charge in [-0.3, -0.25) is 0 Å². The molecule has 2 heterocycles. The van der Waals surface area contributed by atoms with Gasteiger partial charge in [-0.2, -0.15) is 0 Å². The molecular weight excluding hydrogens is 820 g/mol. The Bertz CT molecular complexity index is 3710. The molecule has 9 aromatic rings. The van der Waals surface area contributed by atoms with E-state index in [0.29, 0.717) is 0 Å². The minimum atomic E-state index is -0.305. The first-order valence-electron chi connectivity index (χ1n) is 24.8. The summed E-state index contributed by atoms with van der Waals surface area (Å²) >= 11 is 0. The number of rotatable bonds is 3. The molecule has 0 amide bonds. The predicted octanol–water partition coefficient (Wildman–Crippen LogP) is 15.7. The zero-order valence-electron chi connectivity index (χ0n) is 41.8. The van der Waals surface area contributed by atoms with Crippen molar-refractivity contribution in [2.24, 2.45) is 0 Å². The molecule has 0 atom stereocenters. The summed E-state index contributed by atoms with van der Waals surface area (Å²) in [5.41, 5.74) is 29.7. The van der Waals surface area contributed by atoms with Gasteiger partial charge >= 0.3 is 0 Å². The van der Waals surface area contributed by atoms with Crippen molar-refractivity contribution in [3.63, 3.8) is 0 Å². The summed E-state index contributed by atoms with van der Waals surface area (Å²) in [6, 6.07) is 54.1. The molecule has 4 aliphatic rings. The minimum Gasteiger partial charge on any atom is -0.355 e. The summed E-state index contributed by atoms with van der Waals surface area (Å²) in [7, 11) is 2.58. The summed E-state index contributed by atoms with van der Waals surface area (Å²) < 4.78 is 2.67. The van der Waals surface area contributed by atoms with E-state index in [9.17, 15) is 0 Å². The highest BCUT2D eigenvalue weighted by atomic mass is 15.0. The first-order valence-corrected chi connectivity index (χ1v) is 24.8. The van der Waals surface area contributed by atoms with Crippen molar-refractivity contribution in [1.29, 1.82) is 0 Å². The molecule has 1 aromatic heterocycles. The maximum Gasteiger partial charge on any atom is 0.197 e. The van der Waals surface area contributed by atoms with Crippen LogP contribution in [0.2, 0.25) is 0 Å². The second-order valence-electron chi connectivity index (χ2n) is 24.1. The average molecular weight is 880 g/mol. The number of benzene rings is 8. The topological polar surface area (TPSA) is 17.0 Å². The monoisotopic (exact) mass is 879 g/mol. The van der Waals surface area contributed by atoms with E-state index >= 15 is 0 Å². The van der Waals surface area contributed by atoms with Gasteiger partial charge in [0.05, 0.1) is 5.52 Å². The molecule has 68 heavy (non-hydrogen) atoms. The van der Waals surface area contributed by atoms with Crippen LogP contribution in [0, 0.1) is 0 Å². The molecule has 13 rings (SSSR count). The van der Waals surface area contributed by atoms with Crippen LogP contribution in [0.15, 0.2) is 140 Å². The molecule has 0 saturated heterocycles. The van der Waals surface area contributed by atoms with Gasteiger partial charge in [0.15, 0.2) is 7.28 Å². The largest absolute Gasteiger partial charge is 0.355 e. The highest BCUT2D eigenvalue weighted by molar-refractivity contribution is 6.74. The number of fused-ring (bicyclic) bond motifs is 15. The van der Waals surface area contributed by atoms with Crippen LogP contribution in [0.1, 0.15) is 128 Å². The molecule has 0 bridgehead atoms. The highest BCUT2D eigenvalue weighted by Gasteiger charge is 2.45. The second kappa shape index (κ2) is 13.4. The molecule has 1 N–H and O–H groups in total. The van der Waals surface area contributed by atoms with Gasteiger partial charge in [-0.1, -0.05) is 186 Å². The summed E-state index contributed by atoms with van der Waals surface area (Å²) in [4.78, 5) is 0. The van der Waals surface area contributed by atoms with Crippen LogP contribution >= 0.6 is 0 Å². The fourth-order valence-corrected chi connectivity index (χ4v) is 13.2. The number of hydrogen-bond acceptors (Lipinski definition) is 1. The Kier molecular flexibility index (Phi) is 8.17. The van der Waals surface area contributed by atoms with Crippen LogP contribution < -0.4 is 16.2 Å². The van der Waals surface area contributed by atoms with Crippen molar-refractivity contribution < 1.29 is 0 Å². The highest BCUT2D eigenvalue weighted by Crippen LogP contribution is 2.59. The van der Waals surface area contributed by atoms with Crippen molar-refractivity contribution in [1.82, 2.24) is 4.57 Å². The fourth-order valence-electron chi connectivity index (χ4n) is 13.2. The SMILES string of the molecule is CC(C)(C)c1ccc(Nc2cc3c(cc2-c2c4c(c5c6cc(C(C)(C)C)ccc6n6c5c2[B]c2cc5c(cc2-6)C(C)(C)c2ccccc2-5)-c2ccccc2C4(C)C)C(C)(C)c2ccccc2-3)cc1. The number of anilines is 2. The molecule has 0 fully saturated rings. The van der Waals surface area contributed by atoms with Crippen LogP contribution in [0.4, 0.5) is 11.4 Å². The zero-order chi connectivity index (χ0) is 47.2. The van der Waals surface area contributed by atoms with Crippen LogP contribution in [0.5, 0.6) is 0 Å². The first-order chi connectivity index (χ1) is 32.3. The van der Waals surface area contributed by atoms with Crippen molar-refractivity contribution in [3.8, 4) is 50.2 Å². The Morgan fingerprint density at radius 2 is 1.01 bits per heavy atom. The standard InChI is InChI=1S/C65H60BN2/c1-61(2,3)36-25-28-38(29-26-36)67-52-34-43-40-20-14-17-23-47(40)63(7,8)49(43)32-44(52)57-58-55(41-21-15-18-24-48(41)65(58,11)12)56-45-31-37(62(4,5)6)27-30-53(45)68-54-35-50-42(33-51(54)66-59(57)60(56)68)39-19-13-16-22-46(39)64(50,9)10/h13-35,67H,1-12H3. The van der Waals surface area contributed by atoms with Crippen LogP contribution in [-0.4, -0.2) is 11.8 Å². The molecule has 3 heteroatoms. The third-order valence-corrected chi connectivity index (χ3v) is 16.9. The molecule has 1 radical (unpaired) electrons. The molecular formula is C65H60BN2. The number of aromatic nitrogens is 1. The van der Waals surface area contributed by atoms with Gasteiger partial charge in [-0.05, 0) is 142 Å². The van der Waals surface area contributed by atoms with Crippen molar-refractivity contribution in [2.45, 2.75) is 110 Å². The van der Waals surface area contributed by atoms with Gasteiger partial charge in [0.2, 0.25) is 0 Å². The van der Waals surface area contributed by atoms with Gasteiger partial charge < -0.3 is 9.88 Å². The molecule has 333 valence electrons. The summed E-state index contributed by atoms with van der Waals surface area (Å²) in [6.07, 6.45) is 0. The van der Waals surface area contributed by atoms with Gasteiger partial charge in [-0.25, -0.2) is 0 Å². The summed E-state index contributed by atoms with van der Waals surface area (Å²) in [5, 5.41) is 6.81. The van der Waals surface area contributed by atoms with Crippen LogP contribution in [0.3, 0.4) is 0 Å². The normalized spacial score (nSPS) is 16.1. The van der Waals surface area contributed by atoms with Crippen molar-refractivity contribution in [3.05, 3.63) is 184 Å². The number of nitrogens with one attached hydrogen (secondary N) is 1. The second-order valence-corrected chi connectivity index (χ2v) is 24.1. The third kappa shape index (κ3) is 5.42. The van der Waals surface area contributed by atoms with Crippen LogP contribution in [-0.2, 0) is 27.1 Å². The van der Waals surface area contributed by atoms with Gasteiger partial charge in [0.1, 0.15) is 0 Å². The summed E-state index contributed by atoms with van der Waals surface area (Å²) in [6.45, 7) is 28.5. The lowest BCUT2D eigenvalue weighted by atomic mass is 9.56. The quantitative estimate of drug-likeness (QED) is 0.175. The molecule has 8 aromatic carbocycles. The van der Waals surface area contributed by atoms with Crippen molar-refractivity contribution in [2.75, 3.05) is 5.32 Å². The van der Waals surface area contributed by atoms with E-state index < -0.39 is 0 Å². The molecule has 0 spiro atoms. The maximum atomic E-state index is 4.11. The van der Waals surface area contributed by atoms with Gasteiger partial charge in [0, 0.05) is 55.2 Å². The Morgan fingerprint density at radius 3 is 1.63 bits per heavy atom. The minimum absolute atomic E-state index is 0.0208. The molecule has 2 nitrogen and oxygen atoms in total. The predicted molar refractivity (Wildman–Crippen MR) is 291 cm³/mol. The molecule has 0 saturated carbocycles.